The van der Waals surface area contributed by atoms with Crippen LogP contribution in [0.2, 0.25) is 0 Å². The summed E-state index contributed by atoms with van der Waals surface area (Å²) in [6.07, 6.45) is 4.23. The van der Waals surface area contributed by atoms with E-state index in [0.717, 1.165) is 17.1 Å². The van der Waals surface area contributed by atoms with Crippen molar-refractivity contribution in [2.45, 2.75) is 39.7 Å². The molecule has 0 aliphatic heterocycles. The zero-order valence-electron chi connectivity index (χ0n) is 16.7. The summed E-state index contributed by atoms with van der Waals surface area (Å²) in [5.74, 6) is 2.33. The molecule has 0 fully saturated rings. The van der Waals surface area contributed by atoms with Crippen LogP contribution in [-0.4, -0.2) is 44.2 Å². The Morgan fingerprint density at radius 2 is 2.11 bits per heavy atom. The first-order chi connectivity index (χ1) is 13.5. The van der Waals surface area contributed by atoms with Crippen molar-refractivity contribution in [2.24, 2.45) is 0 Å². The van der Waals surface area contributed by atoms with Gasteiger partial charge in [0.25, 0.3) is 0 Å². The van der Waals surface area contributed by atoms with E-state index in [1.54, 1.807) is 18.1 Å². The number of para-hydroxylation sites is 1. The Morgan fingerprint density at radius 3 is 2.79 bits per heavy atom. The molecule has 2 amide bonds. The third-order valence-corrected chi connectivity index (χ3v) is 4.50. The number of nitrogens with zero attached hydrogens (tertiary/aromatic N) is 5. The number of hydrogen-bond donors (Lipinski definition) is 1. The highest BCUT2D eigenvalue weighted by atomic mass is 16.5. The van der Waals surface area contributed by atoms with Crippen molar-refractivity contribution < 1.29 is 9.32 Å². The van der Waals surface area contributed by atoms with Crippen molar-refractivity contribution >= 4 is 6.03 Å². The highest BCUT2D eigenvalue weighted by Crippen LogP contribution is 2.16. The van der Waals surface area contributed by atoms with E-state index in [4.69, 9.17) is 4.52 Å². The maximum absolute atomic E-state index is 12.4. The maximum atomic E-state index is 12.4. The van der Waals surface area contributed by atoms with E-state index in [0.29, 0.717) is 31.2 Å². The van der Waals surface area contributed by atoms with Gasteiger partial charge in [-0.1, -0.05) is 37.2 Å². The van der Waals surface area contributed by atoms with Crippen LogP contribution in [0, 0.1) is 6.92 Å². The van der Waals surface area contributed by atoms with Crippen molar-refractivity contribution in [3.8, 4) is 5.69 Å². The Morgan fingerprint density at radius 1 is 1.32 bits per heavy atom. The van der Waals surface area contributed by atoms with Gasteiger partial charge in [0.05, 0.1) is 5.69 Å². The number of hydrogen-bond acceptors (Lipinski definition) is 5. The third-order valence-electron chi connectivity index (χ3n) is 4.50. The molecule has 2 aromatic heterocycles. The van der Waals surface area contributed by atoms with Gasteiger partial charge in [-0.15, -0.1) is 0 Å². The van der Waals surface area contributed by atoms with Gasteiger partial charge in [-0.05, 0) is 18.6 Å². The average Bonchev–Trinajstić information content (AvgIpc) is 3.33. The summed E-state index contributed by atoms with van der Waals surface area (Å²) in [6.45, 7) is 6.88. The highest BCUT2D eigenvalue weighted by Gasteiger charge is 2.14. The highest BCUT2D eigenvalue weighted by molar-refractivity contribution is 5.74. The predicted molar refractivity (Wildman–Crippen MR) is 105 cm³/mol. The summed E-state index contributed by atoms with van der Waals surface area (Å²) in [4.78, 5) is 22.7. The van der Waals surface area contributed by atoms with Gasteiger partial charge in [-0.25, -0.2) is 9.78 Å². The molecule has 0 atom stereocenters. The fourth-order valence-corrected chi connectivity index (χ4v) is 2.81. The zero-order valence-corrected chi connectivity index (χ0v) is 16.7. The SMILES string of the molecule is Cc1nccn1-c1ccccc1CNC(=O)N(C)CCc1noc(C(C)C)n1. The number of carbonyl (C=O) groups is 1. The first-order valence-corrected chi connectivity index (χ1v) is 9.35. The summed E-state index contributed by atoms with van der Waals surface area (Å²) in [6, 6.07) is 7.81. The molecular formula is C20H26N6O2. The van der Waals surface area contributed by atoms with E-state index in [9.17, 15) is 4.79 Å². The molecule has 28 heavy (non-hydrogen) atoms. The molecule has 0 radical (unpaired) electrons. The van der Waals surface area contributed by atoms with Gasteiger partial charge in [0.15, 0.2) is 5.82 Å². The molecule has 0 saturated carbocycles. The minimum atomic E-state index is -0.148. The van der Waals surface area contributed by atoms with Crippen LogP contribution in [0.4, 0.5) is 4.79 Å². The molecule has 3 rings (SSSR count). The number of imidazole rings is 1. The van der Waals surface area contributed by atoms with Crippen LogP contribution in [0.3, 0.4) is 0 Å². The molecule has 1 N–H and O–H groups in total. The summed E-state index contributed by atoms with van der Waals surface area (Å²) in [5.41, 5.74) is 2.03. The number of aryl methyl sites for hydroxylation is 1. The summed E-state index contributed by atoms with van der Waals surface area (Å²) >= 11 is 0. The molecular weight excluding hydrogens is 356 g/mol. The number of likely N-dealkylation sites (N-methyl/N-ethyl adjacent to an activating group) is 1. The Hall–Kier alpha value is -3.16. The Labute approximate surface area is 164 Å². The number of aromatic nitrogens is 4. The van der Waals surface area contributed by atoms with E-state index in [-0.39, 0.29) is 11.9 Å². The molecule has 1 aromatic carbocycles. The zero-order chi connectivity index (χ0) is 20.1. The number of nitrogens with one attached hydrogen (secondary N) is 1. The standard InChI is InChI=1S/C20H26N6O2/c1-14(2)19-23-18(24-28-19)9-11-25(4)20(27)22-13-16-7-5-6-8-17(16)26-12-10-21-15(26)3/h5-8,10,12,14H,9,11,13H2,1-4H3,(H,22,27). The predicted octanol–water partition coefficient (Wildman–Crippen LogP) is 3.07. The molecule has 0 spiro atoms. The Kier molecular flexibility index (Phi) is 6.08. The van der Waals surface area contributed by atoms with E-state index >= 15 is 0 Å². The van der Waals surface area contributed by atoms with Gasteiger partial charge < -0.3 is 19.3 Å². The summed E-state index contributed by atoms with van der Waals surface area (Å²) in [5, 5.41) is 6.93. The lowest BCUT2D eigenvalue weighted by Gasteiger charge is -2.18. The van der Waals surface area contributed by atoms with Crippen LogP contribution in [0.15, 0.2) is 41.2 Å². The third kappa shape index (κ3) is 4.57. The largest absolute Gasteiger partial charge is 0.339 e. The van der Waals surface area contributed by atoms with Crippen LogP contribution >= 0.6 is 0 Å². The molecule has 0 unspecified atom stereocenters. The van der Waals surface area contributed by atoms with Crippen LogP contribution in [-0.2, 0) is 13.0 Å². The molecule has 148 valence electrons. The second-order valence-corrected chi connectivity index (χ2v) is 7.01. The lowest BCUT2D eigenvalue weighted by molar-refractivity contribution is 0.208. The molecule has 0 saturated heterocycles. The number of urea groups is 1. The van der Waals surface area contributed by atoms with Crippen molar-refractivity contribution in [1.29, 1.82) is 0 Å². The molecule has 2 heterocycles. The lowest BCUT2D eigenvalue weighted by Crippen LogP contribution is -2.38. The number of benzene rings is 1. The lowest BCUT2D eigenvalue weighted by atomic mass is 10.1. The topological polar surface area (TPSA) is 89.1 Å². The molecule has 3 aromatic rings. The van der Waals surface area contributed by atoms with E-state index in [1.807, 2.05) is 55.8 Å². The first kappa shape index (κ1) is 19.6. The quantitative estimate of drug-likeness (QED) is 0.678. The maximum Gasteiger partial charge on any atom is 0.317 e. The Balaban J connectivity index is 1.56. The summed E-state index contributed by atoms with van der Waals surface area (Å²) in [7, 11) is 1.75. The monoisotopic (exact) mass is 382 g/mol. The molecule has 0 bridgehead atoms. The van der Waals surface area contributed by atoms with Crippen LogP contribution in [0.5, 0.6) is 0 Å². The normalized spacial score (nSPS) is 11.0. The minimum absolute atomic E-state index is 0.148. The van der Waals surface area contributed by atoms with Crippen LogP contribution < -0.4 is 5.32 Å². The van der Waals surface area contributed by atoms with E-state index < -0.39 is 0 Å². The molecule has 8 heteroatoms. The minimum Gasteiger partial charge on any atom is -0.339 e. The van der Waals surface area contributed by atoms with E-state index in [1.165, 1.54) is 0 Å². The Bertz CT molecular complexity index is 930. The fraction of sp³-hybridized carbons (Fsp3) is 0.400. The number of rotatable bonds is 7. The second kappa shape index (κ2) is 8.69. The molecule has 8 nitrogen and oxygen atoms in total. The van der Waals surface area contributed by atoms with Gasteiger partial charge >= 0.3 is 6.03 Å². The van der Waals surface area contributed by atoms with Gasteiger partial charge in [0, 0.05) is 44.9 Å². The second-order valence-electron chi connectivity index (χ2n) is 7.01. The van der Waals surface area contributed by atoms with Crippen LogP contribution in [0.25, 0.3) is 5.69 Å². The molecule has 0 aliphatic carbocycles. The van der Waals surface area contributed by atoms with Gasteiger partial charge in [0.2, 0.25) is 5.89 Å². The van der Waals surface area contributed by atoms with Crippen molar-refractivity contribution in [3.63, 3.8) is 0 Å². The smallest absolute Gasteiger partial charge is 0.317 e. The first-order valence-electron chi connectivity index (χ1n) is 9.35. The van der Waals surface area contributed by atoms with Crippen molar-refractivity contribution in [3.05, 3.63) is 59.8 Å². The number of amides is 2. The average molecular weight is 382 g/mol. The van der Waals surface area contributed by atoms with E-state index in [2.05, 4.69) is 20.4 Å². The van der Waals surface area contributed by atoms with Gasteiger partial charge in [-0.2, -0.15) is 4.98 Å². The van der Waals surface area contributed by atoms with Gasteiger partial charge in [-0.3, -0.25) is 0 Å². The summed E-state index contributed by atoms with van der Waals surface area (Å²) < 4.78 is 7.20. The van der Waals surface area contributed by atoms with Crippen LogP contribution in [0.1, 0.15) is 42.9 Å². The van der Waals surface area contributed by atoms with Crippen molar-refractivity contribution in [2.75, 3.05) is 13.6 Å². The number of carbonyl (C=O) groups excluding carboxylic acids is 1. The fourth-order valence-electron chi connectivity index (χ4n) is 2.81. The van der Waals surface area contributed by atoms with Gasteiger partial charge in [0.1, 0.15) is 5.82 Å². The van der Waals surface area contributed by atoms with Crippen molar-refractivity contribution in [1.82, 2.24) is 29.9 Å². The molecule has 0 aliphatic rings.